The SMILES string of the molecule is CC(Nc1ccc(C(=O)Nc2nnc(-c3ccccc3)s2)cc1[N+](=O)[O-])c1ccccn1. The first-order valence-corrected chi connectivity index (χ1v) is 10.5. The van der Waals surface area contributed by atoms with Crippen LogP contribution in [0.2, 0.25) is 0 Å². The van der Waals surface area contributed by atoms with E-state index in [1.807, 2.05) is 49.4 Å². The van der Waals surface area contributed by atoms with Crippen LogP contribution >= 0.6 is 11.3 Å². The molecule has 32 heavy (non-hydrogen) atoms. The molecule has 9 nitrogen and oxygen atoms in total. The Labute approximate surface area is 187 Å². The highest BCUT2D eigenvalue weighted by Crippen LogP contribution is 2.30. The fraction of sp³-hybridized carbons (Fsp3) is 0.0909. The van der Waals surface area contributed by atoms with E-state index in [1.165, 1.54) is 29.5 Å². The molecule has 2 aromatic carbocycles. The minimum atomic E-state index is -0.525. The molecule has 4 rings (SSSR count). The zero-order chi connectivity index (χ0) is 22.5. The quantitative estimate of drug-likeness (QED) is 0.305. The smallest absolute Gasteiger partial charge is 0.293 e. The number of amides is 1. The number of hydrogen-bond acceptors (Lipinski definition) is 8. The lowest BCUT2D eigenvalue weighted by molar-refractivity contribution is -0.384. The van der Waals surface area contributed by atoms with Crippen LogP contribution in [0, 0.1) is 10.1 Å². The van der Waals surface area contributed by atoms with Crippen molar-refractivity contribution in [1.29, 1.82) is 0 Å². The second-order valence-corrected chi connectivity index (χ2v) is 7.82. The Hall–Kier alpha value is -4.18. The Balaban J connectivity index is 1.51. The molecule has 0 fully saturated rings. The molecule has 160 valence electrons. The van der Waals surface area contributed by atoms with Crippen LogP contribution in [0.4, 0.5) is 16.5 Å². The van der Waals surface area contributed by atoms with Gasteiger partial charge in [-0.2, -0.15) is 0 Å². The second-order valence-electron chi connectivity index (χ2n) is 6.84. The number of hydrogen-bond donors (Lipinski definition) is 2. The molecule has 10 heteroatoms. The van der Waals surface area contributed by atoms with Crippen LogP contribution in [0.5, 0.6) is 0 Å². The summed E-state index contributed by atoms with van der Waals surface area (Å²) in [5, 5.41) is 26.4. The Morgan fingerprint density at radius 2 is 1.84 bits per heavy atom. The van der Waals surface area contributed by atoms with E-state index in [2.05, 4.69) is 25.8 Å². The van der Waals surface area contributed by atoms with Crippen LogP contribution in [0.3, 0.4) is 0 Å². The Morgan fingerprint density at radius 1 is 1.06 bits per heavy atom. The van der Waals surface area contributed by atoms with Gasteiger partial charge in [-0.05, 0) is 31.2 Å². The number of nitrogens with zero attached hydrogens (tertiary/aromatic N) is 4. The second kappa shape index (κ2) is 9.31. The molecule has 0 aliphatic carbocycles. The molecule has 0 saturated heterocycles. The number of aromatic nitrogens is 3. The van der Waals surface area contributed by atoms with Crippen LogP contribution in [-0.2, 0) is 0 Å². The predicted octanol–water partition coefficient (Wildman–Crippen LogP) is 4.93. The number of nitro groups is 1. The lowest BCUT2D eigenvalue weighted by Gasteiger charge is -2.15. The molecule has 4 aromatic rings. The number of nitro benzene ring substituents is 1. The Morgan fingerprint density at radius 3 is 2.56 bits per heavy atom. The third kappa shape index (κ3) is 4.76. The van der Waals surface area contributed by atoms with Crippen molar-refractivity contribution in [2.75, 3.05) is 10.6 Å². The molecule has 1 unspecified atom stereocenters. The lowest BCUT2D eigenvalue weighted by atomic mass is 10.1. The van der Waals surface area contributed by atoms with Gasteiger partial charge < -0.3 is 5.32 Å². The van der Waals surface area contributed by atoms with Crippen LogP contribution < -0.4 is 10.6 Å². The van der Waals surface area contributed by atoms with Crippen molar-refractivity contribution in [3.63, 3.8) is 0 Å². The third-order valence-electron chi connectivity index (χ3n) is 4.63. The number of rotatable bonds is 7. The summed E-state index contributed by atoms with van der Waals surface area (Å²) in [6.07, 6.45) is 1.66. The summed E-state index contributed by atoms with van der Waals surface area (Å²) in [6.45, 7) is 1.85. The van der Waals surface area contributed by atoms with E-state index in [0.29, 0.717) is 15.8 Å². The van der Waals surface area contributed by atoms with Gasteiger partial charge in [-0.1, -0.05) is 47.7 Å². The van der Waals surface area contributed by atoms with Crippen molar-refractivity contribution in [1.82, 2.24) is 15.2 Å². The summed E-state index contributed by atoms with van der Waals surface area (Å²) < 4.78 is 0. The van der Waals surface area contributed by atoms with Gasteiger partial charge in [0.2, 0.25) is 5.13 Å². The summed E-state index contributed by atoms with van der Waals surface area (Å²) in [4.78, 5) is 28.0. The van der Waals surface area contributed by atoms with E-state index in [0.717, 1.165) is 11.3 Å². The fourth-order valence-electron chi connectivity index (χ4n) is 3.03. The van der Waals surface area contributed by atoms with Crippen molar-refractivity contribution in [3.05, 3.63) is 94.3 Å². The van der Waals surface area contributed by atoms with Gasteiger partial charge in [0.05, 0.1) is 16.7 Å². The minimum absolute atomic E-state index is 0.143. The average Bonchev–Trinajstić information content (AvgIpc) is 3.28. The molecular formula is C22H18N6O3S. The number of carbonyl (C=O) groups excluding carboxylic acids is 1. The molecule has 0 saturated carbocycles. The van der Waals surface area contributed by atoms with Crippen LogP contribution in [-0.4, -0.2) is 26.0 Å². The van der Waals surface area contributed by atoms with E-state index in [-0.39, 0.29) is 17.3 Å². The lowest BCUT2D eigenvalue weighted by Crippen LogP contribution is -2.13. The maximum Gasteiger partial charge on any atom is 0.293 e. The highest BCUT2D eigenvalue weighted by molar-refractivity contribution is 7.18. The zero-order valence-electron chi connectivity index (χ0n) is 16.9. The molecule has 0 aliphatic rings. The Kier molecular flexibility index (Phi) is 6.13. The summed E-state index contributed by atoms with van der Waals surface area (Å²) in [7, 11) is 0. The standard InChI is InChI=1S/C22H18N6O3S/c1-14(17-9-5-6-12-23-17)24-18-11-10-16(13-19(18)28(30)31)20(29)25-22-27-26-21(32-22)15-7-3-2-4-8-15/h2-14,24H,1H3,(H,25,27,29). The minimum Gasteiger partial charge on any atom is -0.371 e. The van der Waals surface area contributed by atoms with Gasteiger partial charge in [0.15, 0.2) is 0 Å². The number of carbonyl (C=O) groups is 1. The summed E-state index contributed by atoms with van der Waals surface area (Å²) in [5.74, 6) is -0.506. The molecule has 2 aromatic heterocycles. The van der Waals surface area contributed by atoms with Crippen molar-refractivity contribution in [3.8, 4) is 10.6 Å². The van der Waals surface area contributed by atoms with Crippen molar-refractivity contribution >= 4 is 33.8 Å². The Bertz CT molecular complexity index is 1250. The zero-order valence-corrected chi connectivity index (χ0v) is 17.7. The van der Waals surface area contributed by atoms with E-state index in [9.17, 15) is 14.9 Å². The summed E-state index contributed by atoms with van der Waals surface area (Å²) in [5.41, 5.74) is 1.87. The third-order valence-corrected chi connectivity index (χ3v) is 5.51. The highest BCUT2D eigenvalue weighted by Gasteiger charge is 2.20. The van der Waals surface area contributed by atoms with Gasteiger partial charge in [0.25, 0.3) is 11.6 Å². The van der Waals surface area contributed by atoms with Crippen LogP contribution in [0.25, 0.3) is 10.6 Å². The molecule has 0 spiro atoms. The van der Waals surface area contributed by atoms with E-state index < -0.39 is 10.8 Å². The highest BCUT2D eigenvalue weighted by atomic mass is 32.1. The molecule has 0 aliphatic heterocycles. The van der Waals surface area contributed by atoms with Crippen LogP contribution in [0.1, 0.15) is 29.0 Å². The predicted molar refractivity (Wildman–Crippen MR) is 123 cm³/mol. The fourth-order valence-corrected chi connectivity index (χ4v) is 3.77. The molecular weight excluding hydrogens is 428 g/mol. The van der Waals surface area contributed by atoms with Gasteiger partial charge in [-0.3, -0.25) is 25.2 Å². The first-order chi connectivity index (χ1) is 15.5. The van der Waals surface area contributed by atoms with Crippen molar-refractivity contribution in [2.24, 2.45) is 0 Å². The van der Waals surface area contributed by atoms with Crippen molar-refractivity contribution < 1.29 is 9.72 Å². The molecule has 0 bridgehead atoms. The average molecular weight is 446 g/mol. The molecule has 1 atom stereocenters. The first kappa shape index (κ1) is 21.1. The molecule has 2 heterocycles. The summed E-state index contributed by atoms with van der Waals surface area (Å²) >= 11 is 1.22. The number of pyridine rings is 1. The topological polar surface area (TPSA) is 123 Å². The van der Waals surface area contributed by atoms with Gasteiger partial charge in [-0.15, -0.1) is 10.2 Å². The van der Waals surface area contributed by atoms with E-state index >= 15 is 0 Å². The van der Waals surface area contributed by atoms with Gasteiger partial charge in [0.1, 0.15) is 10.7 Å². The first-order valence-electron chi connectivity index (χ1n) is 9.67. The van der Waals surface area contributed by atoms with Gasteiger partial charge >= 0.3 is 0 Å². The molecule has 1 amide bonds. The number of anilines is 2. The van der Waals surface area contributed by atoms with Crippen LogP contribution in [0.15, 0.2) is 72.9 Å². The van der Waals surface area contributed by atoms with Gasteiger partial charge in [-0.25, -0.2) is 0 Å². The maximum absolute atomic E-state index is 12.7. The molecule has 2 N–H and O–H groups in total. The largest absolute Gasteiger partial charge is 0.371 e. The normalized spacial score (nSPS) is 11.5. The number of nitrogens with one attached hydrogen (secondary N) is 2. The number of benzene rings is 2. The van der Waals surface area contributed by atoms with Crippen molar-refractivity contribution in [2.45, 2.75) is 13.0 Å². The van der Waals surface area contributed by atoms with E-state index in [1.54, 1.807) is 12.3 Å². The maximum atomic E-state index is 12.7. The van der Waals surface area contributed by atoms with E-state index in [4.69, 9.17) is 0 Å². The van der Waals surface area contributed by atoms with Gasteiger partial charge in [0, 0.05) is 23.4 Å². The molecule has 0 radical (unpaired) electrons. The summed E-state index contributed by atoms with van der Waals surface area (Å²) in [6, 6.07) is 19.0. The monoisotopic (exact) mass is 446 g/mol.